The molecule has 5 aromatic rings. The van der Waals surface area contributed by atoms with Crippen LogP contribution in [0.3, 0.4) is 0 Å². The summed E-state index contributed by atoms with van der Waals surface area (Å²) in [6, 6.07) is 9.55. The van der Waals surface area contributed by atoms with Gasteiger partial charge in [-0.3, -0.25) is 39.3 Å². The van der Waals surface area contributed by atoms with Gasteiger partial charge >= 0.3 is 12.1 Å². The first-order chi connectivity index (χ1) is 36.3. The predicted molar refractivity (Wildman–Crippen MR) is 271 cm³/mol. The van der Waals surface area contributed by atoms with Gasteiger partial charge in [-0.1, -0.05) is 48.5 Å². The Bertz CT molecular complexity index is 3360. The summed E-state index contributed by atoms with van der Waals surface area (Å²) in [5, 5.41) is 20.4. The topological polar surface area (TPSA) is 209 Å². The minimum Gasteiger partial charge on any atom is -0.508 e. The number of carbonyl (C=O) groups is 5. The highest BCUT2D eigenvalue weighted by atomic mass is 19.1. The number of benzene rings is 3. The number of fused-ring (bicyclic) bond motifs is 6. The molecule has 2 bridgehead atoms. The van der Waals surface area contributed by atoms with Crippen molar-refractivity contribution >= 4 is 57.2 Å². The van der Waals surface area contributed by atoms with Crippen molar-refractivity contribution in [1.82, 2.24) is 40.7 Å². The number of nitrogens with one attached hydrogen (secondary N) is 3. The second-order valence-corrected chi connectivity index (χ2v) is 20.3. The van der Waals surface area contributed by atoms with E-state index in [-0.39, 0.29) is 94.8 Å². The van der Waals surface area contributed by atoms with Crippen LogP contribution >= 0.6 is 0 Å². The van der Waals surface area contributed by atoms with Crippen molar-refractivity contribution in [3.05, 3.63) is 94.7 Å². The first kappa shape index (κ1) is 49.2. The summed E-state index contributed by atoms with van der Waals surface area (Å²) in [6.45, 7) is 6.87. The molecule has 3 aromatic carbocycles. The van der Waals surface area contributed by atoms with Crippen molar-refractivity contribution in [2.24, 2.45) is 0 Å². The molecule has 17 nitrogen and oxygen atoms in total. The molecule has 2 aromatic heterocycles. The number of aromatic nitrogens is 3. The smallest absolute Gasteiger partial charge is 0.407 e. The van der Waals surface area contributed by atoms with Crippen LogP contribution in [-0.4, -0.2) is 129 Å². The number of terminal acetylenes is 1. The number of piperazine rings is 1. The second kappa shape index (κ2) is 20.0. The van der Waals surface area contributed by atoms with Gasteiger partial charge in [0, 0.05) is 79.9 Å². The number of hydrogen-bond acceptors (Lipinski definition) is 14. The number of carbonyl (C=O) groups excluding carboxylic acids is 5. The van der Waals surface area contributed by atoms with Crippen LogP contribution < -0.4 is 25.6 Å². The molecule has 11 rings (SSSR count). The van der Waals surface area contributed by atoms with Crippen LogP contribution in [0, 0.1) is 35.8 Å². The number of aromatic hydroxyl groups is 1. The van der Waals surface area contributed by atoms with E-state index in [1.807, 2.05) is 0 Å². The lowest BCUT2D eigenvalue weighted by atomic mass is 9.94. The van der Waals surface area contributed by atoms with E-state index in [1.165, 1.54) is 36.5 Å². The number of unbranched alkanes of at least 4 members (excludes halogenated alkanes) is 3. The summed E-state index contributed by atoms with van der Waals surface area (Å²) in [7, 11) is 0. The van der Waals surface area contributed by atoms with Crippen LogP contribution in [0.4, 0.5) is 19.4 Å². The van der Waals surface area contributed by atoms with Gasteiger partial charge in [-0.2, -0.15) is 9.97 Å². The van der Waals surface area contributed by atoms with Crippen LogP contribution in [0.15, 0.2) is 60.8 Å². The summed E-state index contributed by atoms with van der Waals surface area (Å²) >= 11 is 0. The highest BCUT2D eigenvalue weighted by Crippen LogP contribution is 2.45. The van der Waals surface area contributed by atoms with E-state index < -0.39 is 52.9 Å². The lowest BCUT2D eigenvalue weighted by Crippen LogP contribution is -2.54. The van der Waals surface area contributed by atoms with Gasteiger partial charge in [0.05, 0.1) is 27.6 Å². The zero-order chi connectivity index (χ0) is 52.1. The zero-order valence-electron chi connectivity index (χ0n) is 41.0. The van der Waals surface area contributed by atoms with E-state index in [2.05, 4.69) is 60.1 Å². The molecule has 19 heteroatoms. The number of amides is 5. The highest BCUT2D eigenvalue weighted by molar-refractivity contribution is 6.24. The Labute approximate surface area is 430 Å². The van der Waals surface area contributed by atoms with Gasteiger partial charge in [0.25, 0.3) is 11.8 Å². The Kier molecular flexibility index (Phi) is 13.1. The van der Waals surface area contributed by atoms with Crippen molar-refractivity contribution < 1.29 is 47.3 Å². The van der Waals surface area contributed by atoms with E-state index in [4.69, 9.17) is 20.9 Å². The molecule has 0 spiro atoms. The van der Waals surface area contributed by atoms with Gasteiger partial charge in [0.15, 0.2) is 5.82 Å². The lowest BCUT2D eigenvalue weighted by molar-refractivity contribution is -0.136. The fourth-order valence-corrected chi connectivity index (χ4v) is 11.9. The number of nitrogens with zero attached hydrogens (tertiary/aromatic N) is 6. The number of ether oxygens (including phenoxy) is 2. The Morgan fingerprint density at radius 2 is 1.83 bits per heavy atom. The number of hydrogen-bond donors (Lipinski definition) is 4. The summed E-state index contributed by atoms with van der Waals surface area (Å²) in [5.74, 6) is 5.03. The number of pyridine rings is 1. The summed E-state index contributed by atoms with van der Waals surface area (Å²) in [4.78, 5) is 83.0. The monoisotopic (exact) mass is 1020 g/mol. The Morgan fingerprint density at radius 1 is 1.00 bits per heavy atom. The minimum atomic E-state index is -1.06. The van der Waals surface area contributed by atoms with E-state index in [9.17, 15) is 29.1 Å². The number of phenolic OH excluding ortho intramolecular Hbond substituents is 1. The SMILES string of the molecule is C#Cc1c(F)ccc2cc(O)cc(-c3ncc4c(N5C[C@H]6CC[C@@H](C5)N6)nc(OC[C@@]56CC[C@@H](COC(=O)NCCCCCC#Cc7cccc8c7C(=O)N(C7CCC(=O)NC7=O)C8=O)N5CC(=C)C6)nc4c3F)c12. The third-order valence-corrected chi connectivity index (χ3v) is 15.4. The van der Waals surface area contributed by atoms with Crippen molar-refractivity contribution in [1.29, 1.82) is 0 Å². The average Bonchev–Trinajstić information content (AvgIpc) is 4.13. The second-order valence-electron chi connectivity index (χ2n) is 20.3. The standard InChI is InChI=1S/C56H53F2N9O8/c1-3-38-42(57)16-13-33-22-37(68)23-40(45(33)38)48-47(58)49-41(25-60-48)50(65-27-34-14-15-35(28-65)61-34)64-54(63-49)75-30-56-20-19-36(66(56)26-31(2)24-56)29-74-55(73)59-21-8-6-4-5-7-10-32-11-9-12-39-46(32)53(72)67(52(39)71)43-17-18-44(69)62-51(43)70/h1,9,11-13,16,22-23,25,34-36,43,61,68H,2,4-6,8,14-15,17-21,24,26-30H2,(H,59,73)(H,62,69,70)/t34-,35+,36-,43?,56-/m0/s1. The Morgan fingerprint density at radius 3 is 2.63 bits per heavy atom. The number of halogens is 2. The molecule has 6 aliphatic heterocycles. The highest BCUT2D eigenvalue weighted by Gasteiger charge is 2.52. The number of alkyl carbamates (subject to hydrolysis) is 1. The molecule has 384 valence electrons. The fourth-order valence-electron chi connectivity index (χ4n) is 11.9. The van der Waals surface area contributed by atoms with Crippen molar-refractivity contribution in [2.45, 2.75) is 100 Å². The Hall–Kier alpha value is -8.00. The first-order valence-electron chi connectivity index (χ1n) is 25.4. The first-order valence-corrected chi connectivity index (χ1v) is 25.4. The van der Waals surface area contributed by atoms with Crippen LogP contribution in [0.25, 0.3) is 32.9 Å². The number of imide groups is 2. The van der Waals surface area contributed by atoms with Crippen molar-refractivity contribution in [3.8, 4) is 47.2 Å². The number of phenols is 1. The molecular formula is C56H53F2N9O8. The van der Waals surface area contributed by atoms with E-state index in [1.54, 1.807) is 12.1 Å². The van der Waals surface area contributed by atoms with Crippen LogP contribution in [0.1, 0.15) is 102 Å². The minimum absolute atomic E-state index is 0.0258. The molecule has 5 amide bonds. The molecule has 0 saturated carbocycles. The van der Waals surface area contributed by atoms with Gasteiger partial charge in [-0.05, 0) is 87.1 Å². The molecule has 1 unspecified atom stereocenters. The van der Waals surface area contributed by atoms with Crippen molar-refractivity contribution in [3.63, 3.8) is 0 Å². The molecule has 4 N–H and O–H groups in total. The normalized spacial score (nSPS) is 23.0. The Balaban J connectivity index is 0.712. The molecule has 0 aliphatic carbocycles. The lowest BCUT2D eigenvalue weighted by Gasteiger charge is -2.35. The molecule has 75 heavy (non-hydrogen) atoms. The summed E-state index contributed by atoms with van der Waals surface area (Å²) < 4.78 is 44.6. The van der Waals surface area contributed by atoms with Gasteiger partial charge in [0.1, 0.15) is 47.9 Å². The molecule has 5 saturated heterocycles. The summed E-state index contributed by atoms with van der Waals surface area (Å²) in [5.41, 5.74) is 1.06. The van der Waals surface area contributed by atoms with Crippen molar-refractivity contribution in [2.75, 3.05) is 44.3 Å². The van der Waals surface area contributed by atoms with Gasteiger partial charge in [-0.25, -0.2) is 13.6 Å². The van der Waals surface area contributed by atoms with Crippen LogP contribution in [0.2, 0.25) is 0 Å². The molecule has 8 heterocycles. The molecule has 5 atom stereocenters. The molecule has 6 aliphatic rings. The van der Waals surface area contributed by atoms with Gasteiger partial charge in [0.2, 0.25) is 11.8 Å². The number of rotatable bonds is 13. The maximum atomic E-state index is 17.2. The third-order valence-electron chi connectivity index (χ3n) is 15.4. The number of anilines is 1. The third kappa shape index (κ3) is 9.25. The van der Waals surface area contributed by atoms with E-state index in [0.717, 1.165) is 49.0 Å². The summed E-state index contributed by atoms with van der Waals surface area (Å²) in [6.07, 6.45) is 13.6. The quantitative estimate of drug-likeness (QED) is 0.0460. The van der Waals surface area contributed by atoms with Crippen LogP contribution in [-0.2, 0) is 14.3 Å². The predicted octanol–water partition coefficient (Wildman–Crippen LogP) is 6.03. The van der Waals surface area contributed by atoms with Gasteiger partial charge < -0.3 is 30.1 Å². The fraction of sp³-hybridized carbons (Fsp3) is 0.393. The van der Waals surface area contributed by atoms with Crippen LogP contribution in [0.5, 0.6) is 11.8 Å². The number of piperidine rings is 1. The maximum Gasteiger partial charge on any atom is 0.407 e. The largest absolute Gasteiger partial charge is 0.508 e. The molecule has 0 radical (unpaired) electrons. The van der Waals surface area contributed by atoms with Gasteiger partial charge in [-0.15, -0.1) is 6.42 Å². The molecule has 5 fully saturated rings. The zero-order valence-corrected chi connectivity index (χ0v) is 41.0. The maximum absolute atomic E-state index is 17.2. The van der Waals surface area contributed by atoms with E-state index in [0.29, 0.717) is 67.6 Å². The van der Waals surface area contributed by atoms with E-state index >= 15 is 8.78 Å². The average molecular weight is 1020 g/mol. The molecular weight excluding hydrogens is 965 g/mol.